The number of ether oxygens (including phenoxy) is 1. The van der Waals surface area contributed by atoms with Gasteiger partial charge in [0.15, 0.2) is 0 Å². The Hall–Kier alpha value is -2.52. The summed E-state index contributed by atoms with van der Waals surface area (Å²) in [5.74, 6) is 1.92. The average Bonchev–Trinajstić information content (AvgIpc) is 2.81. The van der Waals surface area contributed by atoms with Crippen LogP contribution in [-0.4, -0.2) is 24.6 Å². The molecule has 0 aromatic heterocycles. The van der Waals surface area contributed by atoms with Gasteiger partial charge < -0.3 is 10.1 Å². The van der Waals surface area contributed by atoms with Crippen molar-refractivity contribution in [3.63, 3.8) is 0 Å². The number of thioether (sulfide) groups is 1. The normalized spacial score (nSPS) is 32.4. The molecule has 0 spiro atoms. The molecule has 6 rings (SSSR count). The SMILES string of the molecule is COC(=O)C1=C(C)NC(SCC(=O)C23CC4CC(CC(C4)C2)C3)=C(C#N)C1c1ccccc1. The topological polar surface area (TPSA) is 79.2 Å². The third kappa shape index (κ3) is 3.91. The molecule has 4 saturated carbocycles. The summed E-state index contributed by atoms with van der Waals surface area (Å²) in [6.45, 7) is 1.83. The molecule has 1 unspecified atom stereocenters. The van der Waals surface area contributed by atoms with E-state index in [0.29, 0.717) is 33.4 Å². The lowest BCUT2D eigenvalue weighted by Gasteiger charge is -2.56. The number of dihydropyridines is 1. The molecule has 1 heterocycles. The molecule has 4 aliphatic carbocycles. The minimum Gasteiger partial charge on any atom is -0.466 e. The van der Waals surface area contributed by atoms with Crippen molar-refractivity contribution in [2.75, 3.05) is 12.9 Å². The second-order valence-electron chi connectivity index (χ2n) is 10.3. The smallest absolute Gasteiger partial charge is 0.336 e. The lowest BCUT2D eigenvalue weighted by molar-refractivity contribution is -0.141. The van der Waals surface area contributed by atoms with E-state index in [2.05, 4.69) is 11.4 Å². The number of carbonyl (C=O) groups excluding carboxylic acids is 2. The molecular formula is C27H30N2O3S. The van der Waals surface area contributed by atoms with Crippen molar-refractivity contribution in [3.8, 4) is 6.07 Å². The quantitative estimate of drug-likeness (QED) is 0.595. The zero-order valence-corrected chi connectivity index (χ0v) is 20.0. The van der Waals surface area contributed by atoms with Crippen molar-refractivity contribution in [1.29, 1.82) is 5.26 Å². The lowest BCUT2D eigenvalue weighted by Crippen LogP contribution is -2.50. The van der Waals surface area contributed by atoms with Crippen LogP contribution in [0.1, 0.15) is 56.9 Å². The Bertz CT molecular complexity index is 1050. The third-order valence-electron chi connectivity index (χ3n) is 8.16. The van der Waals surface area contributed by atoms with E-state index in [4.69, 9.17) is 4.74 Å². The molecule has 0 amide bonds. The van der Waals surface area contributed by atoms with Crippen LogP contribution in [0.3, 0.4) is 0 Å². The third-order valence-corrected chi connectivity index (χ3v) is 9.18. The molecule has 1 N–H and O–H groups in total. The second-order valence-corrected chi connectivity index (χ2v) is 11.2. The Labute approximate surface area is 199 Å². The van der Waals surface area contributed by atoms with Crippen LogP contribution in [0.25, 0.3) is 0 Å². The number of hydrogen-bond donors (Lipinski definition) is 1. The fourth-order valence-corrected chi connectivity index (χ4v) is 8.25. The van der Waals surface area contributed by atoms with Gasteiger partial charge in [-0.25, -0.2) is 4.79 Å². The number of rotatable bonds is 6. The number of allylic oxidation sites excluding steroid dienone is 2. The molecule has 6 heteroatoms. The highest BCUT2D eigenvalue weighted by Gasteiger charge is 2.54. The maximum absolute atomic E-state index is 13.5. The van der Waals surface area contributed by atoms with Gasteiger partial charge in [0.05, 0.1) is 41.0 Å². The summed E-state index contributed by atoms with van der Waals surface area (Å²) in [5.41, 5.74) is 2.29. The number of nitriles is 1. The van der Waals surface area contributed by atoms with Crippen molar-refractivity contribution >= 4 is 23.5 Å². The maximum atomic E-state index is 13.5. The Morgan fingerprint density at radius 1 is 1.12 bits per heavy atom. The minimum atomic E-state index is -0.512. The van der Waals surface area contributed by atoms with Crippen LogP contribution in [0.4, 0.5) is 0 Å². The van der Waals surface area contributed by atoms with E-state index in [1.165, 1.54) is 38.1 Å². The number of benzene rings is 1. The van der Waals surface area contributed by atoms with Gasteiger partial charge in [-0.3, -0.25) is 4.79 Å². The Kier molecular flexibility index (Phi) is 5.86. The maximum Gasteiger partial charge on any atom is 0.336 e. The molecular weight excluding hydrogens is 432 g/mol. The first kappa shape index (κ1) is 22.3. The number of Topliss-reactive ketones (excluding diaryl/α,β-unsaturated/α-hetero) is 1. The van der Waals surface area contributed by atoms with Gasteiger partial charge in [0.25, 0.3) is 0 Å². The van der Waals surface area contributed by atoms with E-state index < -0.39 is 11.9 Å². The van der Waals surface area contributed by atoms with Crippen LogP contribution in [0.5, 0.6) is 0 Å². The van der Waals surface area contributed by atoms with Gasteiger partial charge >= 0.3 is 5.97 Å². The highest BCUT2D eigenvalue weighted by Crippen LogP contribution is 2.60. The van der Waals surface area contributed by atoms with Crippen LogP contribution in [0.15, 0.2) is 52.2 Å². The lowest BCUT2D eigenvalue weighted by atomic mass is 9.48. The van der Waals surface area contributed by atoms with Crippen molar-refractivity contribution in [3.05, 3.63) is 57.8 Å². The monoisotopic (exact) mass is 462 g/mol. The largest absolute Gasteiger partial charge is 0.466 e. The summed E-state index contributed by atoms with van der Waals surface area (Å²) in [6, 6.07) is 11.9. The van der Waals surface area contributed by atoms with E-state index in [0.717, 1.165) is 42.6 Å². The van der Waals surface area contributed by atoms with Crippen LogP contribution >= 0.6 is 11.8 Å². The van der Waals surface area contributed by atoms with E-state index in [1.54, 1.807) is 0 Å². The summed E-state index contributed by atoms with van der Waals surface area (Å²) < 4.78 is 5.05. The number of ketones is 1. The van der Waals surface area contributed by atoms with Crippen molar-refractivity contribution in [2.45, 2.75) is 51.4 Å². The van der Waals surface area contributed by atoms with Gasteiger partial charge in [-0.05, 0) is 68.8 Å². The fourth-order valence-electron chi connectivity index (χ4n) is 7.13. The van der Waals surface area contributed by atoms with Crippen LogP contribution < -0.4 is 5.32 Å². The van der Waals surface area contributed by atoms with Gasteiger partial charge in [-0.15, -0.1) is 0 Å². The van der Waals surface area contributed by atoms with Crippen molar-refractivity contribution in [2.24, 2.45) is 23.2 Å². The van der Waals surface area contributed by atoms with E-state index in [9.17, 15) is 14.9 Å². The van der Waals surface area contributed by atoms with Crippen LogP contribution in [0.2, 0.25) is 0 Å². The van der Waals surface area contributed by atoms with E-state index in [1.807, 2.05) is 37.3 Å². The highest BCUT2D eigenvalue weighted by molar-refractivity contribution is 8.03. The summed E-state index contributed by atoms with van der Waals surface area (Å²) in [4.78, 5) is 26.2. The molecule has 5 nitrogen and oxygen atoms in total. The first-order valence-corrected chi connectivity index (χ1v) is 12.8. The molecule has 4 bridgehead atoms. The predicted molar refractivity (Wildman–Crippen MR) is 128 cm³/mol. The van der Waals surface area contributed by atoms with Gasteiger partial charge in [0, 0.05) is 11.1 Å². The summed E-state index contributed by atoms with van der Waals surface area (Å²) in [6.07, 6.45) is 7.08. The minimum absolute atomic E-state index is 0.148. The molecule has 4 fully saturated rings. The number of hydrogen-bond acceptors (Lipinski definition) is 6. The van der Waals surface area contributed by atoms with Gasteiger partial charge in [0.1, 0.15) is 5.78 Å². The van der Waals surface area contributed by atoms with Crippen LogP contribution in [0, 0.1) is 34.5 Å². The summed E-state index contributed by atoms with van der Waals surface area (Å²) >= 11 is 1.42. The van der Waals surface area contributed by atoms with Gasteiger partial charge in [-0.2, -0.15) is 5.26 Å². The fraction of sp³-hybridized carbons (Fsp3) is 0.519. The zero-order chi connectivity index (χ0) is 23.2. The summed E-state index contributed by atoms with van der Waals surface area (Å²) in [7, 11) is 1.36. The first-order chi connectivity index (χ1) is 15.9. The number of nitrogens with zero attached hydrogens (tertiary/aromatic N) is 1. The Morgan fingerprint density at radius 2 is 1.73 bits per heavy atom. The Morgan fingerprint density at radius 3 is 2.27 bits per heavy atom. The molecule has 1 aromatic carbocycles. The highest BCUT2D eigenvalue weighted by atomic mass is 32.2. The number of carbonyl (C=O) groups is 2. The Balaban J connectivity index is 1.42. The number of esters is 1. The molecule has 1 atom stereocenters. The van der Waals surface area contributed by atoms with Crippen molar-refractivity contribution < 1.29 is 14.3 Å². The average molecular weight is 463 g/mol. The first-order valence-electron chi connectivity index (χ1n) is 11.9. The molecule has 5 aliphatic rings. The molecule has 172 valence electrons. The predicted octanol–water partition coefficient (Wildman–Crippen LogP) is 5.07. The molecule has 1 aromatic rings. The van der Waals surface area contributed by atoms with E-state index in [-0.39, 0.29) is 5.41 Å². The van der Waals surface area contributed by atoms with Crippen LogP contribution in [-0.2, 0) is 14.3 Å². The molecule has 0 radical (unpaired) electrons. The standard InChI is InChI=1S/C27H30N2O3S/c1-16-23(26(31)32-2)24(20-6-4-3-5-7-20)21(14-28)25(29-16)33-15-22(30)27-11-17-8-18(12-27)10-19(9-17)13-27/h3-7,17-19,24,29H,8-13,15H2,1-2H3. The van der Waals surface area contributed by atoms with Crippen molar-refractivity contribution in [1.82, 2.24) is 5.32 Å². The van der Waals surface area contributed by atoms with Gasteiger partial charge in [0.2, 0.25) is 0 Å². The second kappa shape index (κ2) is 8.68. The number of methoxy groups -OCH3 is 1. The summed E-state index contributed by atoms with van der Waals surface area (Å²) in [5, 5.41) is 14.1. The van der Waals surface area contributed by atoms with Gasteiger partial charge in [-0.1, -0.05) is 42.1 Å². The molecule has 0 saturated heterocycles. The van der Waals surface area contributed by atoms with E-state index >= 15 is 0 Å². The zero-order valence-electron chi connectivity index (χ0n) is 19.2. The molecule has 33 heavy (non-hydrogen) atoms. The number of nitrogens with one attached hydrogen (secondary N) is 1. The molecule has 1 aliphatic heterocycles.